The third-order valence-corrected chi connectivity index (χ3v) is 4.66. The molecular weight excluding hydrogens is 460 g/mol. The molecule has 1 unspecified atom stereocenters. The molecule has 34 heavy (non-hydrogen) atoms. The number of pyridine rings is 1. The van der Waals surface area contributed by atoms with E-state index < -0.39 is 41.5 Å². The van der Waals surface area contributed by atoms with Gasteiger partial charge in [0.25, 0.3) is 5.56 Å². The molecule has 0 aliphatic heterocycles. The number of carboxylic acid groups (broad SMARTS) is 1. The van der Waals surface area contributed by atoms with Crippen molar-refractivity contribution in [2.24, 2.45) is 7.05 Å². The number of aryl methyl sites for hydroxylation is 2. The molecule has 3 aromatic rings. The molecular formula is C23H21N3Na2O6. The van der Waals surface area contributed by atoms with Crippen LogP contribution in [0.1, 0.15) is 23.6 Å². The van der Waals surface area contributed by atoms with Crippen molar-refractivity contribution in [3.63, 3.8) is 0 Å². The van der Waals surface area contributed by atoms with Crippen LogP contribution in [0.3, 0.4) is 0 Å². The summed E-state index contributed by atoms with van der Waals surface area (Å²) in [6, 6.07) is 13.2. The number of carboxylic acids is 1. The fourth-order valence-corrected chi connectivity index (χ4v) is 2.99. The van der Waals surface area contributed by atoms with E-state index in [1.165, 1.54) is 13.2 Å². The number of hydrogen-bond donors (Lipinski definition) is 2. The number of ether oxygens (including phenoxy) is 1. The van der Waals surface area contributed by atoms with Gasteiger partial charge in [0.1, 0.15) is 17.2 Å². The van der Waals surface area contributed by atoms with Crippen LogP contribution in [0, 0.1) is 6.92 Å². The van der Waals surface area contributed by atoms with Gasteiger partial charge in [0.15, 0.2) is 0 Å². The van der Waals surface area contributed by atoms with Crippen molar-refractivity contribution >= 4 is 17.7 Å². The van der Waals surface area contributed by atoms with E-state index in [-0.39, 0.29) is 59.1 Å². The van der Waals surface area contributed by atoms with E-state index in [0.29, 0.717) is 17.1 Å². The number of hydrogen-bond acceptors (Lipinski definition) is 6. The van der Waals surface area contributed by atoms with E-state index in [1.54, 1.807) is 36.4 Å². The van der Waals surface area contributed by atoms with Gasteiger partial charge in [0.05, 0.1) is 6.04 Å². The van der Waals surface area contributed by atoms with Gasteiger partial charge in [-0.3, -0.25) is 4.79 Å². The molecule has 3 rings (SSSR count). The summed E-state index contributed by atoms with van der Waals surface area (Å²) in [7, 11) is 1.43. The average Bonchev–Trinajstić information content (AvgIpc) is 2.75. The fraction of sp³-hybridized carbons (Fsp3) is 0.174. The van der Waals surface area contributed by atoms with E-state index in [1.807, 2.05) is 19.1 Å². The zero-order valence-electron chi connectivity index (χ0n) is 19.5. The molecule has 0 saturated carbocycles. The molecule has 0 bridgehead atoms. The summed E-state index contributed by atoms with van der Waals surface area (Å²) >= 11 is 0. The molecule has 0 spiro atoms. The van der Waals surface area contributed by atoms with Crippen LogP contribution in [-0.2, 0) is 11.8 Å². The van der Waals surface area contributed by atoms with Crippen LogP contribution in [0.25, 0.3) is 0 Å². The SMILES string of the molecule is Cc1ccc(Oc2cccc(C(CC(=O)[O-])NC(=O)Nc3c([O-])ccn(C)c3=O)c2)cc1.[Na+].[Na+]. The summed E-state index contributed by atoms with van der Waals surface area (Å²) < 4.78 is 6.94. The standard InChI is InChI=1S/C23H23N3O6.2Na/c1-14-6-8-16(9-7-14)32-17-5-3-4-15(12-17)18(13-20(28)29)24-23(31)25-21-19(27)10-11-26(2)22(21)30;;/h3-12,18,27H,13H2,1-2H3,(H,28,29)(H2,24,25,31);;/q;2*+1/p-2. The van der Waals surface area contributed by atoms with Crippen molar-refractivity contribution < 1.29 is 83.7 Å². The number of nitrogens with zero attached hydrogens (tertiary/aromatic N) is 1. The molecule has 0 saturated heterocycles. The zero-order chi connectivity index (χ0) is 23.3. The molecule has 11 heteroatoms. The van der Waals surface area contributed by atoms with Crippen LogP contribution in [-0.4, -0.2) is 16.6 Å². The molecule has 0 aliphatic carbocycles. The van der Waals surface area contributed by atoms with E-state index in [4.69, 9.17) is 4.74 Å². The number of aromatic nitrogens is 1. The predicted octanol–water partition coefficient (Wildman–Crippen LogP) is -4.43. The van der Waals surface area contributed by atoms with Gasteiger partial charge in [0, 0.05) is 25.6 Å². The van der Waals surface area contributed by atoms with Gasteiger partial charge in [0.2, 0.25) is 0 Å². The third kappa shape index (κ3) is 8.19. The molecule has 1 aromatic heterocycles. The molecule has 2 aromatic carbocycles. The van der Waals surface area contributed by atoms with Gasteiger partial charge in [-0.1, -0.05) is 41.6 Å². The molecule has 2 amide bonds. The van der Waals surface area contributed by atoms with E-state index >= 15 is 0 Å². The van der Waals surface area contributed by atoms with Gasteiger partial charge in [-0.05, 0) is 36.8 Å². The Morgan fingerprint density at radius 3 is 2.38 bits per heavy atom. The third-order valence-electron chi connectivity index (χ3n) is 4.66. The summed E-state index contributed by atoms with van der Waals surface area (Å²) in [6.07, 6.45) is 0.755. The topological polar surface area (TPSA) is 136 Å². The van der Waals surface area contributed by atoms with Crippen molar-refractivity contribution in [3.05, 3.63) is 82.3 Å². The van der Waals surface area contributed by atoms with Crippen LogP contribution in [0.2, 0.25) is 0 Å². The maximum atomic E-state index is 12.4. The number of aliphatic carboxylic acids is 1. The molecule has 2 N–H and O–H groups in total. The second-order valence-electron chi connectivity index (χ2n) is 7.19. The summed E-state index contributed by atoms with van der Waals surface area (Å²) in [6.45, 7) is 1.95. The first-order valence-electron chi connectivity index (χ1n) is 9.71. The van der Waals surface area contributed by atoms with Crippen molar-refractivity contribution in [2.75, 3.05) is 5.32 Å². The first-order valence-corrected chi connectivity index (χ1v) is 9.71. The van der Waals surface area contributed by atoms with Crippen LogP contribution in [0.15, 0.2) is 65.6 Å². The fourth-order valence-electron chi connectivity index (χ4n) is 2.99. The molecule has 9 nitrogen and oxygen atoms in total. The molecule has 0 aliphatic rings. The minimum atomic E-state index is -1.39. The largest absolute Gasteiger partial charge is 1.00 e. The van der Waals surface area contributed by atoms with Gasteiger partial charge < -0.3 is 34.9 Å². The van der Waals surface area contributed by atoms with Crippen LogP contribution in [0.5, 0.6) is 17.2 Å². The molecule has 0 radical (unpaired) electrons. The molecule has 1 atom stereocenters. The smallest absolute Gasteiger partial charge is 0.871 e. The number of anilines is 1. The quantitative estimate of drug-likeness (QED) is 0.327. The van der Waals surface area contributed by atoms with E-state index in [0.717, 1.165) is 16.2 Å². The van der Waals surface area contributed by atoms with Crippen molar-refractivity contribution in [3.8, 4) is 17.2 Å². The van der Waals surface area contributed by atoms with Gasteiger partial charge >= 0.3 is 65.1 Å². The second-order valence-corrected chi connectivity index (χ2v) is 7.19. The Morgan fingerprint density at radius 1 is 1.06 bits per heavy atom. The number of carbonyl (C=O) groups excluding carboxylic acids is 2. The summed E-state index contributed by atoms with van der Waals surface area (Å²) in [5, 5.41) is 27.9. The van der Waals surface area contributed by atoms with Crippen molar-refractivity contribution in [1.29, 1.82) is 0 Å². The normalized spacial score (nSPS) is 10.8. The minimum absolute atomic E-state index is 0. The zero-order valence-corrected chi connectivity index (χ0v) is 23.5. The number of rotatable bonds is 7. The Hall–Kier alpha value is -2.27. The molecule has 166 valence electrons. The van der Waals surface area contributed by atoms with Gasteiger partial charge in [-0.25, -0.2) is 4.79 Å². The van der Waals surface area contributed by atoms with Crippen molar-refractivity contribution in [1.82, 2.24) is 9.88 Å². The Morgan fingerprint density at radius 2 is 1.74 bits per heavy atom. The Labute approximate surface area is 240 Å². The van der Waals surface area contributed by atoms with Gasteiger partial charge in [-0.2, -0.15) is 0 Å². The Kier molecular flexibility index (Phi) is 11.9. The van der Waals surface area contributed by atoms with Gasteiger partial charge in [-0.15, -0.1) is 0 Å². The van der Waals surface area contributed by atoms with E-state index in [9.17, 15) is 24.6 Å². The number of urea groups is 1. The second kappa shape index (κ2) is 13.6. The Bertz CT molecular complexity index is 1200. The van der Waals surface area contributed by atoms with E-state index in [2.05, 4.69) is 10.6 Å². The maximum absolute atomic E-state index is 12.4. The minimum Gasteiger partial charge on any atom is -0.871 e. The summed E-state index contributed by atoms with van der Waals surface area (Å²) in [5.74, 6) is -1.01. The predicted molar refractivity (Wildman–Crippen MR) is 113 cm³/mol. The first-order chi connectivity index (χ1) is 15.2. The Balaban J connectivity index is 0.00000289. The monoisotopic (exact) mass is 481 g/mol. The van der Waals surface area contributed by atoms with Crippen LogP contribution >= 0.6 is 0 Å². The van der Waals surface area contributed by atoms with Crippen LogP contribution in [0.4, 0.5) is 10.5 Å². The number of nitrogens with one attached hydrogen (secondary N) is 2. The molecule has 0 fully saturated rings. The maximum Gasteiger partial charge on any atom is 1.00 e. The first kappa shape index (κ1) is 29.8. The number of benzene rings is 2. The molecule has 1 heterocycles. The average molecular weight is 481 g/mol. The summed E-state index contributed by atoms with van der Waals surface area (Å²) in [4.78, 5) is 35.8. The van der Waals surface area contributed by atoms with Crippen molar-refractivity contribution in [2.45, 2.75) is 19.4 Å². The number of carbonyl (C=O) groups is 2. The van der Waals surface area contributed by atoms with Crippen LogP contribution < -0.4 is 90.3 Å². The summed E-state index contributed by atoms with van der Waals surface area (Å²) in [5.41, 5.74) is 0.399. The number of amides is 2.